The first-order chi connectivity index (χ1) is 6.01. The minimum absolute atomic E-state index is 0.213. The Balaban J connectivity index is 2.77. The Morgan fingerprint density at radius 3 is 2.23 bits per heavy atom. The Bertz CT molecular complexity index is 326. The molecule has 0 fully saturated rings. The van der Waals surface area contributed by atoms with Gasteiger partial charge in [0.15, 0.2) is 5.75 Å². The molecule has 0 aliphatic heterocycles. The summed E-state index contributed by atoms with van der Waals surface area (Å²) in [7, 11) is 0. The van der Waals surface area contributed by atoms with Gasteiger partial charge in [-0.1, -0.05) is 0 Å². The first-order valence-electron chi connectivity index (χ1n) is 2.99. The smallest absolute Gasteiger partial charge is 0.402 e. The largest absolute Gasteiger partial charge is 0.573 e. The van der Waals surface area contributed by atoms with Crippen LogP contribution in [0, 0.1) is 11.3 Å². The van der Waals surface area contributed by atoms with Crippen LogP contribution in [-0.2, 0) is 0 Å². The van der Waals surface area contributed by atoms with Crippen molar-refractivity contribution in [3.8, 4) is 11.8 Å². The molecular weight excluding hydrogens is 187 g/mol. The van der Waals surface area contributed by atoms with Gasteiger partial charge in [-0.25, -0.2) is 9.97 Å². The van der Waals surface area contributed by atoms with Crippen molar-refractivity contribution in [3.05, 3.63) is 18.2 Å². The maximum Gasteiger partial charge on any atom is 0.573 e. The summed E-state index contributed by atoms with van der Waals surface area (Å²) in [6.07, 6.45) is -3.21. The lowest BCUT2D eigenvalue weighted by atomic mass is 10.5. The van der Waals surface area contributed by atoms with Gasteiger partial charge >= 0.3 is 6.36 Å². The third kappa shape index (κ3) is 2.94. The molecule has 1 heterocycles. The van der Waals surface area contributed by atoms with Gasteiger partial charge in [0.1, 0.15) is 6.07 Å². The molecule has 0 aliphatic carbocycles. The molecule has 0 aromatic carbocycles. The van der Waals surface area contributed by atoms with Crippen LogP contribution in [0.2, 0.25) is 0 Å². The van der Waals surface area contributed by atoms with Crippen LogP contribution in [0.5, 0.6) is 5.75 Å². The summed E-state index contributed by atoms with van der Waals surface area (Å²) >= 11 is 0. The first kappa shape index (κ1) is 9.25. The number of halogens is 3. The molecule has 0 radical (unpaired) electrons. The van der Waals surface area contributed by atoms with Gasteiger partial charge < -0.3 is 4.74 Å². The van der Waals surface area contributed by atoms with E-state index in [1.807, 2.05) is 0 Å². The summed E-state index contributed by atoms with van der Waals surface area (Å²) < 4.78 is 38.2. The Morgan fingerprint density at radius 2 is 1.85 bits per heavy atom. The number of hydrogen-bond donors (Lipinski definition) is 0. The van der Waals surface area contributed by atoms with Crippen LogP contribution in [0.15, 0.2) is 12.4 Å². The summed E-state index contributed by atoms with van der Waals surface area (Å²) in [5.41, 5.74) is 0. The summed E-state index contributed by atoms with van der Waals surface area (Å²) in [5, 5.41) is 8.22. The third-order valence-corrected chi connectivity index (χ3v) is 0.962. The molecule has 1 aromatic heterocycles. The minimum atomic E-state index is -4.77. The van der Waals surface area contributed by atoms with Crippen molar-refractivity contribution < 1.29 is 17.9 Å². The topological polar surface area (TPSA) is 58.8 Å². The van der Waals surface area contributed by atoms with E-state index in [-0.39, 0.29) is 5.82 Å². The molecule has 0 aliphatic rings. The third-order valence-electron chi connectivity index (χ3n) is 0.962. The fraction of sp³-hybridized carbons (Fsp3) is 0.167. The average Bonchev–Trinajstić information content (AvgIpc) is 2.03. The van der Waals surface area contributed by atoms with Crippen molar-refractivity contribution in [2.24, 2.45) is 0 Å². The molecule has 0 saturated heterocycles. The highest BCUT2D eigenvalue weighted by Crippen LogP contribution is 2.20. The summed E-state index contributed by atoms with van der Waals surface area (Å²) in [6, 6.07) is 1.56. The van der Waals surface area contributed by atoms with Crippen molar-refractivity contribution in [3.63, 3.8) is 0 Å². The SMILES string of the molecule is N#Cc1ncc(OC(F)(F)F)cn1. The molecule has 0 atom stereocenters. The zero-order chi connectivity index (χ0) is 9.90. The fourth-order valence-corrected chi connectivity index (χ4v) is 0.560. The van der Waals surface area contributed by atoms with Crippen molar-refractivity contribution in [1.82, 2.24) is 9.97 Å². The van der Waals surface area contributed by atoms with Gasteiger partial charge in [-0.05, 0) is 0 Å². The lowest BCUT2D eigenvalue weighted by molar-refractivity contribution is -0.274. The molecule has 13 heavy (non-hydrogen) atoms. The molecule has 1 aromatic rings. The average molecular weight is 189 g/mol. The van der Waals surface area contributed by atoms with Crippen LogP contribution >= 0.6 is 0 Å². The molecular formula is C6H2F3N3O. The molecule has 0 bridgehead atoms. The Kier molecular flexibility index (Phi) is 2.32. The van der Waals surface area contributed by atoms with Crippen LogP contribution in [-0.4, -0.2) is 16.3 Å². The monoisotopic (exact) mass is 189 g/mol. The molecule has 0 N–H and O–H groups in total. The van der Waals surface area contributed by atoms with E-state index in [2.05, 4.69) is 14.7 Å². The molecule has 7 heteroatoms. The van der Waals surface area contributed by atoms with Gasteiger partial charge in [0, 0.05) is 0 Å². The number of alkyl halides is 3. The van der Waals surface area contributed by atoms with Crippen molar-refractivity contribution >= 4 is 0 Å². The zero-order valence-electron chi connectivity index (χ0n) is 6.04. The van der Waals surface area contributed by atoms with Gasteiger partial charge in [0.25, 0.3) is 0 Å². The summed E-state index contributed by atoms with van der Waals surface area (Å²) in [5.74, 6) is -0.763. The summed E-state index contributed by atoms with van der Waals surface area (Å²) in [6.45, 7) is 0. The molecule has 0 spiro atoms. The maximum atomic E-state index is 11.6. The van der Waals surface area contributed by atoms with Crippen LogP contribution in [0.1, 0.15) is 5.82 Å². The van der Waals surface area contributed by atoms with Crippen molar-refractivity contribution in [2.75, 3.05) is 0 Å². The Morgan fingerprint density at radius 1 is 1.31 bits per heavy atom. The van der Waals surface area contributed by atoms with E-state index >= 15 is 0 Å². The van der Waals surface area contributed by atoms with E-state index in [9.17, 15) is 13.2 Å². The van der Waals surface area contributed by atoms with E-state index < -0.39 is 12.1 Å². The molecule has 68 valence electrons. The van der Waals surface area contributed by atoms with Gasteiger partial charge in [-0.15, -0.1) is 13.2 Å². The van der Waals surface area contributed by atoms with Gasteiger partial charge in [-0.3, -0.25) is 0 Å². The highest BCUT2D eigenvalue weighted by Gasteiger charge is 2.31. The van der Waals surface area contributed by atoms with Gasteiger partial charge in [0.05, 0.1) is 12.4 Å². The number of nitriles is 1. The molecule has 0 amide bonds. The van der Waals surface area contributed by atoms with E-state index in [0.29, 0.717) is 0 Å². The number of rotatable bonds is 1. The Hall–Kier alpha value is -1.84. The predicted molar refractivity (Wildman–Crippen MR) is 33.4 cm³/mol. The van der Waals surface area contributed by atoms with E-state index in [1.165, 1.54) is 0 Å². The minimum Gasteiger partial charge on any atom is -0.402 e. The fourth-order valence-electron chi connectivity index (χ4n) is 0.560. The number of hydrogen-bond acceptors (Lipinski definition) is 4. The Labute approximate surface area is 70.6 Å². The first-order valence-corrected chi connectivity index (χ1v) is 2.99. The number of aromatic nitrogens is 2. The predicted octanol–water partition coefficient (Wildman–Crippen LogP) is 1.25. The van der Waals surface area contributed by atoms with Crippen molar-refractivity contribution in [2.45, 2.75) is 6.36 Å². The van der Waals surface area contributed by atoms with Crippen LogP contribution in [0.4, 0.5) is 13.2 Å². The second-order valence-electron chi connectivity index (χ2n) is 1.90. The molecule has 4 nitrogen and oxygen atoms in total. The van der Waals surface area contributed by atoms with E-state index in [0.717, 1.165) is 12.4 Å². The second-order valence-corrected chi connectivity index (χ2v) is 1.90. The molecule has 1 rings (SSSR count). The van der Waals surface area contributed by atoms with Crippen LogP contribution in [0.3, 0.4) is 0 Å². The highest BCUT2D eigenvalue weighted by molar-refractivity contribution is 5.17. The van der Waals surface area contributed by atoms with E-state index in [1.54, 1.807) is 6.07 Å². The van der Waals surface area contributed by atoms with Gasteiger partial charge in [-0.2, -0.15) is 5.26 Å². The maximum absolute atomic E-state index is 11.6. The lowest BCUT2D eigenvalue weighted by Gasteiger charge is -2.06. The zero-order valence-corrected chi connectivity index (χ0v) is 6.04. The lowest BCUT2D eigenvalue weighted by Crippen LogP contribution is -2.17. The van der Waals surface area contributed by atoms with E-state index in [4.69, 9.17) is 5.26 Å². The highest BCUT2D eigenvalue weighted by atomic mass is 19.4. The summed E-state index contributed by atoms with van der Waals surface area (Å²) in [4.78, 5) is 6.57. The van der Waals surface area contributed by atoms with Crippen LogP contribution in [0.25, 0.3) is 0 Å². The van der Waals surface area contributed by atoms with Crippen molar-refractivity contribution in [1.29, 1.82) is 5.26 Å². The van der Waals surface area contributed by atoms with Crippen LogP contribution < -0.4 is 4.74 Å². The quantitative estimate of drug-likeness (QED) is 0.666. The molecule has 0 saturated carbocycles. The number of nitrogens with zero attached hydrogens (tertiary/aromatic N) is 3. The second kappa shape index (κ2) is 3.26. The number of ether oxygens (including phenoxy) is 1. The molecule has 0 unspecified atom stereocenters. The van der Waals surface area contributed by atoms with Gasteiger partial charge in [0.2, 0.25) is 5.82 Å². The normalized spacial score (nSPS) is 10.6. The standard InChI is InChI=1S/C6H2F3N3O/c7-6(8,9)13-4-2-11-5(1-10)12-3-4/h2-3H.